The molecule has 0 saturated heterocycles. The van der Waals surface area contributed by atoms with Crippen molar-refractivity contribution in [2.45, 2.75) is 6.54 Å². The molecule has 0 aliphatic heterocycles. The molecule has 0 amide bonds. The van der Waals surface area contributed by atoms with Gasteiger partial charge < -0.3 is 15.7 Å². The van der Waals surface area contributed by atoms with Crippen molar-refractivity contribution in [1.29, 1.82) is 0 Å². The number of hydrogen-bond acceptors (Lipinski definition) is 2. The van der Waals surface area contributed by atoms with Crippen LogP contribution >= 0.6 is 23.8 Å². The van der Waals surface area contributed by atoms with Crippen LogP contribution in [0.5, 0.6) is 5.75 Å². The summed E-state index contributed by atoms with van der Waals surface area (Å²) in [5, 5.41) is 16.4. The Bertz CT molecular complexity index is 575. The van der Waals surface area contributed by atoms with Gasteiger partial charge >= 0.3 is 0 Å². The van der Waals surface area contributed by atoms with Gasteiger partial charge in [-0.1, -0.05) is 48.0 Å². The van der Waals surface area contributed by atoms with Crippen LogP contribution in [-0.2, 0) is 6.54 Å². The van der Waals surface area contributed by atoms with E-state index in [2.05, 4.69) is 10.6 Å². The topological polar surface area (TPSA) is 44.3 Å². The van der Waals surface area contributed by atoms with E-state index in [9.17, 15) is 5.11 Å². The Morgan fingerprint density at radius 3 is 2.58 bits per heavy atom. The molecule has 2 rings (SSSR count). The van der Waals surface area contributed by atoms with E-state index in [-0.39, 0.29) is 10.8 Å². The number of para-hydroxylation sites is 1. The Labute approximate surface area is 122 Å². The van der Waals surface area contributed by atoms with Crippen molar-refractivity contribution in [3.8, 4) is 5.75 Å². The molecule has 0 unspecified atom stereocenters. The lowest BCUT2D eigenvalue weighted by molar-refractivity contribution is 0.478. The van der Waals surface area contributed by atoms with Crippen molar-refractivity contribution in [2.24, 2.45) is 0 Å². The van der Waals surface area contributed by atoms with Crippen molar-refractivity contribution in [3.63, 3.8) is 0 Å². The number of phenolic OH excluding ortho intramolecular Hbond substituents is 1. The van der Waals surface area contributed by atoms with Crippen LogP contribution in [0.1, 0.15) is 5.56 Å². The second kappa shape index (κ2) is 6.41. The summed E-state index contributed by atoms with van der Waals surface area (Å²) in [5.41, 5.74) is 1.61. The third kappa shape index (κ3) is 3.84. The van der Waals surface area contributed by atoms with Gasteiger partial charge in [0.15, 0.2) is 10.9 Å². The lowest BCUT2D eigenvalue weighted by Gasteiger charge is -2.12. The van der Waals surface area contributed by atoms with Crippen LogP contribution in [0.15, 0.2) is 48.5 Å². The Kier molecular flexibility index (Phi) is 4.60. The number of nitrogens with one attached hydrogen (secondary N) is 2. The van der Waals surface area contributed by atoms with Gasteiger partial charge in [0.2, 0.25) is 0 Å². The van der Waals surface area contributed by atoms with Crippen LogP contribution in [0.25, 0.3) is 0 Å². The van der Waals surface area contributed by atoms with Gasteiger partial charge in [0.05, 0.1) is 10.7 Å². The fourth-order valence-electron chi connectivity index (χ4n) is 1.56. The van der Waals surface area contributed by atoms with Crippen LogP contribution in [0, 0.1) is 0 Å². The number of phenols is 1. The Morgan fingerprint density at radius 2 is 1.84 bits per heavy atom. The summed E-state index contributed by atoms with van der Waals surface area (Å²) in [6.07, 6.45) is 0. The van der Waals surface area contributed by atoms with E-state index in [1.807, 2.05) is 30.3 Å². The predicted octanol–water partition coefficient (Wildman–Crippen LogP) is 3.53. The first-order valence-electron chi connectivity index (χ1n) is 5.73. The highest BCUT2D eigenvalue weighted by atomic mass is 35.5. The molecule has 19 heavy (non-hydrogen) atoms. The van der Waals surface area contributed by atoms with E-state index >= 15 is 0 Å². The maximum absolute atomic E-state index is 9.75. The summed E-state index contributed by atoms with van der Waals surface area (Å²) in [6.45, 7) is 0.619. The highest BCUT2D eigenvalue weighted by Crippen LogP contribution is 2.30. The zero-order chi connectivity index (χ0) is 13.7. The molecule has 0 radical (unpaired) electrons. The largest absolute Gasteiger partial charge is 0.504 e. The first-order chi connectivity index (χ1) is 9.16. The molecule has 0 atom stereocenters. The van der Waals surface area contributed by atoms with Gasteiger partial charge in [0, 0.05) is 6.54 Å². The van der Waals surface area contributed by atoms with Crippen molar-refractivity contribution in [1.82, 2.24) is 5.32 Å². The van der Waals surface area contributed by atoms with Gasteiger partial charge in [0.1, 0.15) is 0 Å². The van der Waals surface area contributed by atoms with Crippen molar-refractivity contribution < 1.29 is 5.11 Å². The highest BCUT2D eigenvalue weighted by molar-refractivity contribution is 7.80. The van der Waals surface area contributed by atoms with E-state index in [1.54, 1.807) is 18.2 Å². The number of anilines is 1. The fraction of sp³-hybridized carbons (Fsp3) is 0.0714. The second-order valence-electron chi connectivity index (χ2n) is 3.93. The number of thiocarbonyl (C=S) groups is 1. The smallest absolute Gasteiger partial charge is 0.171 e. The normalized spacial score (nSPS) is 9.95. The molecule has 2 aromatic carbocycles. The van der Waals surface area contributed by atoms with Crippen LogP contribution in [0.3, 0.4) is 0 Å². The molecule has 0 aliphatic rings. The number of rotatable bonds is 3. The molecule has 5 heteroatoms. The number of aromatic hydroxyl groups is 1. The monoisotopic (exact) mass is 292 g/mol. The molecule has 0 bridgehead atoms. The zero-order valence-corrected chi connectivity index (χ0v) is 11.6. The molecular formula is C14H13ClN2OS. The quantitative estimate of drug-likeness (QED) is 0.598. The summed E-state index contributed by atoms with van der Waals surface area (Å²) >= 11 is 11.0. The fourth-order valence-corrected chi connectivity index (χ4v) is 1.92. The number of benzene rings is 2. The summed E-state index contributed by atoms with van der Waals surface area (Å²) in [5.74, 6) is -0.00646. The first-order valence-corrected chi connectivity index (χ1v) is 6.51. The van der Waals surface area contributed by atoms with E-state index in [0.29, 0.717) is 17.3 Å². The summed E-state index contributed by atoms with van der Waals surface area (Å²) in [7, 11) is 0. The molecule has 3 nitrogen and oxygen atoms in total. The van der Waals surface area contributed by atoms with E-state index in [0.717, 1.165) is 5.56 Å². The summed E-state index contributed by atoms with van der Waals surface area (Å²) in [4.78, 5) is 0. The van der Waals surface area contributed by atoms with Crippen LogP contribution in [0.4, 0.5) is 5.69 Å². The van der Waals surface area contributed by atoms with E-state index in [4.69, 9.17) is 23.8 Å². The van der Waals surface area contributed by atoms with Crippen LogP contribution < -0.4 is 10.6 Å². The molecule has 0 aliphatic carbocycles. The minimum Gasteiger partial charge on any atom is -0.504 e. The third-order valence-electron chi connectivity index (χ3n) is 2.53. The molecule has 3 N–H and O–H groups in total. The standard InChI is InChI=1S/C14H13ClN2OS/c15-11-7-4-8-12(13(11)18)17-14(19)16-9-10-5-2-1-3-6-10/h1-8,18H,9H2,(H2,16,17,19). The zero-order valence-electron chi connectivity index (χ0n) is 10.1. The lowest BCUT2D eigenvalue weighted by Crippen LogP contribution is -2.27. The minimum absolute atomic E-state index is 0.00646. The van der Waals surface area contributed by atoms with Gasteiger partial charge in [-0.2, -0.15) is 0 Å². The molecule has 0 heterocycles. The van der Waals surface area contributed by atoms with Gasteiger partial charge in [-0.15, -0.1) is 0 Å². The Morgan fingerprint density at radius 1 is 1.11 bits per heavy atom. The summed E-state index contributed by atoms with van der Waals surface area (Å²) in [6, 6.07) is 15.0. The third-order valence-corrected chi connectivity index (χ3v) is 3.08. The SMILES string of the molecule is Oc1c(Cl)cccc1NC(=S)NCc1ccccc1. The maximum atomic E-state index is 9.75. The first kappa shape index (κ1) is 13.6. The summed E-state index contributed by atoms with van der Waals surface area (Å²) < 4.78 is 0. The number of halogens is 1. The number of hydrogen-bond donors (Lipinski definition) is 3. The average Bonchev–Trinajstić information content (AvgIpc) is 2.43. The van der Waals surface area contributed by atoms with Crippen LogP contribution in [0.2, 0.25) is 5.02 Å². The van der Waals surface area contributed by atoms with Gasteiger partial charge in [-0.05, 0) is 29.9 Å². The Balaban J connectivity index is 1.93. The predicted molar refractivity (Wildman–Crippen MR) is 82.6 cm³/mol. The lowest BCUT2D eigenvalue weighted by atomic mass is 10.2. The molecule has 0 saturated carbocycles. The van der Waals surface area contributed by atoms with E-state index in [1.165, 1.54) is 0 Å². The second-order valence-corrected chi connectivity index (χ2v) is 4.74. The minimum atomic E-state index is -0.00646. The van der Waals surface area contributed by atoms with Crippen LogP contribution in [-0.4, -0.2) is 10.2 Å². The van der Waals surface area contributed by atoms with Gasteiger partial charge in [-0.3, -0.25) is 0 Å². The molecule has 0 spiro atoms. The molecule has 98 valence electrons. The molecule has 2 aromatic rings. The highest BCUT2D eigenvalue weighted by Gasteiger charge is 2.06. The van der Waals surface area contributed by atoms with E-state index < -0.39 is 0 Å². The van der Waals surface area contributed by atoms with Crippen molar-refractivity contribution in [3.05, 3.63) is 59.1 Å². The van der Waals surface area contributed by atoms with Gasteiger partial charge in [-0.25, -0.2) is 0 Å². The molecular weight excluding hydrogens is 280 g/mol. The molecule has 0 aromatic heterocycles. The van der Waals surface area contributed by atoms with Crippen molar-refractivity contribution >= 4 is 34.6 Å². The van der Waals surface area contributed by atoms with Gasteiger partial charge in [0.25, 0.3) is 0 Å². The average molecular weight is 293 g/mol. The molecule has 0 fully saturated rings. The Hall–Kier alpha value is -1.78. The maximum Gasteiger partial charge on any atom is 0.171 e. The van der Waals surface area contributed by atoms with Crippen molar-refractivity contribution in [2.75, 3.05) is 5.32 Å².